The first kappa shape index (κ1) is 31.1. The molecule has 216 valence electrons. The number of piperazine rings is 1. The Bertz CT molecular complexity index is 1020. The van der Waals surface area contributed by atoms with Gasteiger partial charge in [0.2, 0.25) is 15.9 Å². The molecule has 0 radical (unpaired) electrons. The Balaban J connectivity index is 0.00000400. The molecule has 3 aliphatic rings. The molecule has 9 nitrogen and oxygen atoms in total. The van der Waals surface area contributed by atoms with E-state index in [1.165, 1.54) is 0 Å². The third-order valence-corrected chi connectivity index (χ3v) is 10.5. The van der Waals surface area contributed by atoms with E-state index in [2.05, 4.69) is 16.8 Å². The van der Waals surface area contributed by atoms with Crippen LogP contribution in [0.2, 0.25) is 0 Å². The van der Waals surface area contributed by atoms with Crippen LogP contribution in [0, 0.1) is 13.8 Å². The Morgan fingerprint density at radius 3 is 2.18 bits per heavy atom. The van der Waals surface area contributed by atoms with Gasteiger partial charge in [0.1, 0.15) is 12.4 Å². The van der Waals surface area contributed by atoms with Gasteiger partial charge in [-0.1, -0.05) is 6.42 Å². The van der Waals surface area contributed by atoms with Crippen molar-refractivity contribution in [3.05, 3.63) is 23.3 Å². The number of likely N-dealkylation sites (N-methyl/N-ethyl adjacent to an activating group) is 1. The van der Waals surface area contributed by atoms with E-state index in [4.69, 9.17) is 9.47 Å². The smallest absolute Gasteiger partial charge is 0.248 e. The fraction of sp³-hybridized carbons (Fsp3) is 0.741. The second-order valence-electron chi connectivity index (χ2n) is 10.8. The van der Waals surface area contributed by atoms with Gasteiger partial charge in [-0.2, -0.15) is 4.31 Å². The SMILES string of the molecule is COc1cc(C)c(S(=O)(=O)N2CCCCC2COCC(=O)N2CCC(N3CCN(C)CC3)CC2)c(C)c1.Cl. The number of piperidine rings is 2. The molecule has 0 aromatic heterocycles. The molecule has 1 amide bonds. The number of ether oxygens (including phenoxy) is 2. The monoisotopic (exact) mass is 572 g/mol. The van der Waals surface area contributed by atoms with Crippen molar-refractivity contribution in [2.45, 2.75) is 62.9 Å². The molecule has 1 atom stereocenters. The maximum absolute atomic E-state index is 13.7. The highest BCUT2D eigenvalue weighted by atomic mass is 35.5. The molecule has 4 rings (SSSR count). The van der Waals surface area contributed by atoms with Crippen molar-refractivity contribution >= 4 is 28.3 Å². The number of amides is 1. The fourth-order valence-electron chi connectivity index (χ4n) is 6.05. The number of benzene rings is 1. The summed E-state index contributed by atoms with van der Waals surface area (Å²) in [4.78, 5) is 20.0. The van der Waals surface area contributed by atoms with Crippen LogP contribution in [-0.2, 0) is 19.6 Å². The Morgan fingerprint density at radius 1 is 0.947 bits per heavy atom. The zero-order valence-corrected chi connectivity index (χ0v) is 25.0. The Hall–Kier alpha value is -1.43. The van der Waals surface area contributed by atoms with Gasteiger partial charge in [0.25, 0.3) is 0 Å². The van der Waals surface area contributed by atoms with E-state index in [9.17, 15) is 13.2 Å². The molecular weight excluding hydrogens is 528 g/mol. The lowest BCUT2D eigenvalue weighted by Gasteiger charge is -2.42. The van der Waals surface area contributed by atoms with E-state index in [1.807, 2.05) is 18.7 Å². The molecular formula is C27H45ClN4O5S. The van der Waals surface area contributed by atoms with Crippen LogP contribution in [0.1, 0.15) is 43.2 Å². The predicted molar refractivity (Wildman–Crippen MR) is 151 cm³/mol. The van der Waals surface area contributed by atoms with Gasteiger partial charge >= 0.3 is 0 Å². The Kier molecular flexibility index (Phi) is 11.3. The number of carbonyl (C=O) groups excluding carboxylic acids is 1. The zero-order chi connectivity index (χ0) is 26.6. The van der Waals surface area contributed by atoms with E-state index in [0.29, 0.717) is 34.4 Å². The van der Waals surface area contributed by atoms with Crippen molar-refractivity contribution in [1.29, 1.82) is 0 Å². The first-order valence-electron chi connectivity index (χ1n) is 13.7. The fourth-order valence-corrected chi connectivity index (χ4v) is 8.14. The van der Waals surface area contributed by atoms with E-state index in [0.717, 1.165) is 71.4 Å². The number of methoxy groups -OCH3 is 1. The van der Waals surface area contributed by atoms with Crippen molar-refractivity contribution < 1.29 is 22.7 Å². The number of likely N-dealkylation sites (tertiary alicyclic amines) is 1. The lowest BCUT2D eigenvalue weighted by molar-refractivity contribution is -0.138. The molecule has 3 fully saturated rings. The molecule has 1 unspecified atom stereocenters. The zero-order valence-electron chi connectivity index (χ0n) is 23.4. The molecule has 0 bridgehead atoms. The first-order chi connectivity index (χ1) is 17.7. The van der Waals surface area contributed by atoms with Crippen LogP contribution in [-0.4, -0.2) is 119 Å². The summed E-state index contributed by atoms with van der Waals surface area (Å²) in [6.45, 7) is 10.3. The Labute approximate surface area is 234 Å². The number of carbonyl (C=O) groups is 1. The topological polar surface area (TPSA) is 82.6 Å². The minimum absolute atomic E-state index is 0. The van der Waals surface area contributed by atoms with Crippen molar-refractivity contribution in [3.8, 4) is 5.75 Å². The van der Waals surface area contributed by atoms with Crippen LogP contribution >= 0.6 is 12.4 Å². The van der Waals surface area contributed by atoms with Crippen LogP contribution in [0.25, 0.3) is 0 Å². The number of nitrogens with zero attached hydrogens (tertiary/aromatic N) is 4. The van der Waals surface area contributed by atoms with Crippen LogP contribution in [0.3, 0.4) is 0 Å². The molecule has 0 aliphatic carbocycles. The van der Waals surface area contributed by atoms with Crippen LogP contribution < -0.4 is 4.74 Å². The summed E-state index contributed by atoms with van der Waals surface area (Å²) in [5, 5.41) is 0. The van der Waals surface area contributed by atoms with Gasteiger partial charge in [-0.3, -0.25) is 9.69 Å². The van der Waals surface area contributed by atoms with Crippen molar-refractivity contribution in [2.24, 2.45) is 0 Å². The second-order valence-corrected chi connectivity index (χ2v) is 12.6. The highest BCUT2D eigenvalue weighted by Gasteiger charge is 2.36. The van der Waals surface area contributed by atoms with Crippen LogP contribution in [0.5, 0.6) is 5.75 Å². The van der Waals surface area contributed by atoms with Gasteiger partial charge in [0, 0.05) is 57.9 Å². The maximum Gasteiger partial charge on any atom is 0.248 e. The molecule has 3 aliphatic heterocycles. The molecule has 1 aromatic carbocycles. The van der Waals surface area contributed by atoms with Crippen molar-refractivity contribution in [3.63, 3.8) is 0 Å². The summed E-state index contributed by atoms with van der Waals surface area (Å²) in [6, 6.07) is 3.82. The predicted octanol–water partition coefficient (Wildman–Crippen LogP) is 2.53. The van der Waals surface area contributed by atoms with Gasteiger partial charge in [-0.25, -0.2) is 8.42 Å². The highest BCUT2D eigenvalue weighted by Crippen LogP contribution is 2.32. The molecule has 11 heteroatoms. The minimum atomic E-state index is -3.69. The van der Waals surface area contributed by atoms with E-state index in [1.54, 1.807) is 23.5 Å². The Morgan fingerprint density at radius 2 is 1.58 bits per heavy atom. The normalized spacial score (nSPS) is 22.7. The number of rotatable bonds is 8. The average Bonchev–Trinajstić information content (AvgIpc) is 2.88. The summed E-state index contributed by atoms with van der Waals surface area (Å²) >= 11 is 0. The molecule has 3 heterocycles. The van der Waals surface area contributed by atoms with E-state index < -0.39 is 10.0 Å². The van der Waals surface area contributed by atoms with Crippen LogP contribution in [0.4, 0.5) is 0 Å². The largest absolute Gasteiger partial charge is 0.497 e. The summed E-state index contributed by atoms with van der Waals surface area (Å²) in [5.41, 5.74) is 1.36. The second kappa shape index (κ2) is 13.8. The number of halogens is 1. The summed E-state index contributed by atoms with van der Waals surface area (Å²) < 4.78 is 40.2. The summed E-state index contributed by atoms with van der Waals surface area (Å²) in [5.74, 6) is 0.655. The summed E-state index contributed by atoms with van der Waals surface area (Å²) in [7, 11) is 0.0549. The molecule has 0 saturated carbocycles. The van der Waals surface area contributed by atoms with Crippen LogP contribution in [0.15, 0.2) is 17.0 Å². The van der Waals surface area contributed by atoms with Crippen molar-refractivity contribution in [2.75, 3.05) is 73.2 Å². The quantitative estimate of drug-likeness (QED) is 0.473. The molecule has 3 saturated heterocycles. The van der Waals surface area contributed by atoms with E-state index in [-0.39, 0.29) is 37.6 Å². The molecule has 38 heavy (non-hydrogen) atoms. The third-order valence-electron chi connectivity index (χ3n) is 8.22. The first-order valence-corrected chi connectivity index (χ1v) is 15.1. The van der Waals surface area contributed by atoms with E-state index >= 15 is 0 Å². The number of aryl methyl sites for hydroxylation is 2. The van der Waals surface area contributed by atoms with Gasteiger partial charge in [-0.15, -0.1) is 12.4 Å². The highest BCUT2D eigenvalue weighted by molar-refractivity contribution is 7.89. The third kappa shape index (κ3) is 7.20. The minimum Gasteiger partial charge on any atom is -0.497 e. The van der Waals surface area contributed by atoms with Crippen molar-refractivity contribution in [1.82, 2.24) is 19.0 Å². The van der Waals surface area contributed by atoms with Gasteiger partial charge in [-0.05, 0) is 69.8 Å². The molecule has 1 aromatic rings. The summed E-state index contributed by atoms with van der Waals surface area (Å²) in [6.07, 6.45) is 4.52. The lowest BCUT2D eigenvalue weighted by Crippen LogP contribution is -2.53. The number of hydrogen-bond acceptors (Lipinski definition) is 7. The van der Waals surface area contributed by atoms with Gasteiger partial charge in [0.05, 0.1) is 18.6 Å². The average molecular weight is 573 g/mol. The number of hydrogen-bond donors (Lipinski definition) is 0. The standard InChI is InChI=1S/C27H44N4O5S.ClH/c1-21-17-25(35-4)18-22(2)27(21)37(33,34)31-10-6-5-7-24(31)19-36-20-26(32)30-11-8-23(9-12-30)29-15-13-28(3)14-16-29;/h17-18,23-24H,5-16,19-20H2,1-4H3;1H. The van der Waals surface area contributed by atoms with Gasteiger partial charge < -0.3 is 19.3 Å². The number of sulfonamides is 1. The molecule has 0 N–H and O–H groups in total. The molecule has 0 spiro atoms. The lowest BCUT2D eigenvalue weighted by atomic mass is 10.0. The maximum atomic E-state index is 13.7. The van der Waals surface area contributed by atoms with Gasteiger partial charge in [0.15, 0.2) is 0 Å².